The Morgan fingerprint density at radius 1 is 0.733 bits per heavy atom. The minimum Gasteiger partial charge on any atom is -0.489 e. The lowest BCUT2D eigenvalue weighted by Gasteiger charge is -2.54. The zero-order valence-electron chi connectivity index (χ0n) is 17.6. The molecule has 1 N–H and O–H groups in total. The molecule has 0 heterocycles. The Hall–Kier alpha value is -2.32. The molecular formula is C28H31NO. The third kappa shape index (κ3) is 3.41. The second-order valence-corrected chi connectivity index (χ2v) is 9.88. The molecule has 3 aromatic rings. The Kier molecular flexibility index (Phi) is 4.76. The fraction of sp³-hybridized carbons (Fsp3) is 0.429. The molecule has 0 spiro atoms. The van der Waals surface area contributed by atoms with Gasteiger partial charge < -0.3 is 10.1 Å². The van der Waals surface area contributed by atoms with Crippen molar-refractivity contribution in [3.05, 3.63) is 77.9 Å². The van der Waals surface area contributed by atoms with Gasteiger partial charge in [0.15, 0.2) is 0 Å². The van der Waals surface area contributed by atoms with Crippen LogP contribution < -0.4 is 10.1 Å². The third-order valence-corrected chi connectivity index (χ3v) is 7.98. The van der Waals surface area contributed by atoms with Crippen molar-refractivity contribution in [2.24, 2.45) is 23.7 Å². The fourth-order valence-corrected chi connectivity index (χ4v) is 6.85. The Balaban J connectivity index is 1.25. The second-order valence-electron chi connectivity index (χ2n) is 9.88. The molecule has 0 amide bonds. The van der Waals surface area contributed by atoms with Gasteiger partial charge in [0.25, 0.3) is 0 Å². The minimum atomic E-state index is 0.615. The Bertz CT molecular complexity index is 999. The molecule has 4 fully saturated rings. The van der Waals surface area contributed by atoms with E-state index in [1.54, 1.807) is 0 Å². The molecule has 4 aliphatic carbocycles. The molecule has 2 nitrogen and oxygen atoms in total. The minimum absolute atomic E-state index is 0.615. The number of rotatable bonds is 6. The van der Waals surface area contributed by atoms with E-state index in [2.05, 4.69) is 72.0 Å². The van der Waals surface area contributed by atoms with E-state index in [0.717, 1.165) is 36.0 Å². The van der Waals surface area contributed by atoms with Crippen LogP contribution in [-0.4, -0.2) is 6.04 Å². The maximum atomic E-state index is 6.35. The van der Waals surface area contributed by atoms with Crippen molar-refractivity contribution < 1.29 is 4.74 Å². The molecule has 4 bridgehead atoms. The monoisotopic (exact) mass is 397 g/mol. The van der Waals surface area contributed by atoms with E-state index in [1.165, 1.54) is 54.0 Å². The first-order valence-electron chi connectivity index (χ1n) is 11.7. The highest BCUT2D eigenvalue weighted by atomic mass is 16.5. The molecule has 30 heavy (non-hydrogen) atoms. The molecule has 0 aromatic heterocycles. The van der Waals surface area contributed by atoms with Crippen LogP contribution in [0.1, 0.15) is 43.2 Å². The Labute approximate surface area is 179 Å². The van der Waals surface area contributed by atoms with Crippen LogP contribution in [0.2, 0.25) is 0 Å². The van der Waals surface area contributed by atoms with E-state index in [0.29, 0.717) is 12.6 Å². The maximum absolute atomic E-state index is 6.35. The molecule has 7 rings (SSSR count). The van der Waals surface area contributed by atoms with E-state index in [4.69, 9.17) is 4.74 Å². The molecule has 3 aromatic carbocycles. The highest BCUT2D eigenvalue weighted by molar-refractivity contribution is 5.87. The van der Waals surface area contributed by atoms with Gasteiger partial charge in [0.05, 0.1) is 0 Å². The Morgan fingerprint density at radius 2 is 1.43 bits per heavy atom. The highest BCUT2D eigenvalue weighted by Gasteiger charge is 2.47. The van der Waals surface area contributed by atoms with Crippen LogP contribution in [0.25, 0.3) is 10.8 Å². The topological polar surface area (TPSA) is 21.3 Å². The first-order chi connectivity index (χ1) is 14.8. The molecule has 154 valence electrons. The summed E-state index contributed by atoms with van der Waals surface area (Å²) in [5, 5.41) is 6.65. The smallest absolute Gasteiger partial charge is 0.124 e. The quantitative estimate of drug-likeness (QED) is 0.524. The molecule has 4 saturated carbocycles. The summed E-state index contributed by atoms with van der Waals surface area (Å²) in [6.45, 7) is 1.52. The van der Waals surface area contributed by atoms with Crippen LogP contribution in [0.15, 0.2) is 66.7 Å². The van der Waals surface area contributed by atoms with Gasteiger partial charge in [-0.3, -0.25) is 0 Å². The first kappa shape index (κ1) is 18.4. The molecule has 0 aliphatic heterocycles. The molecule has 0 radical (unpaired) electrons. The van der Waals surface area contributed by atoms with Crippen molar-refractivity contribution >= 4 is 10.8 Å². The molecular weight excluding hydrogens is 366 g/mol. The normalized spacial score (nSPS) is 29.4. The maximum Gasteiger partial charge on any atom is 0.124 e. The van der Waals surface area contributed by atoms with Gasteiger partial charge in [0.1, 0.15) is 12.4 Å². The summed E-state index contributed by atoms with van der Waals surface area (Å²) in [7, 11) is 0. The predicted octanol–water partition coefficient (Wildman–Crippen LogP) is 6.33. The summed E-state index contributed by atoms with van der Waals surface area (Å²) in [6, 6.07) is 24.3. The van der Waals surface area contributed by atoms with Gasteiger partial charge in [-0.1, -0.05) is 60.7 Å². The van der Waals surface area contributed by atoms with Crippen molar-refractivity contribution in [1.29, 1.82) is 0 Å². The largest absolute Gasteiger partial charge is 0.489 e. The summed E-state index contributed by atoms with van der Waals surface area (Å²) in [6.07, 6.45) is 7.34. The van der Waals surface area contributed by atoms with Crippen molar-refractivity contribution in [3.63, 3.8) is 0 Å². The van der Waals surface area contributed by atoms with Crippen molar-refractivity contribution in [3.8, 4) is 5.75 Å². The van der Waals surface area contributed by atoms with Crippen LogP contribution in [0.5, 0.6) is 5.75 Å². The number of ether oxygens (including phenoxy) is 1. The van der Waals surface area contributed by atoms with Crippen LogP contribution in [-0.2, 0) is 13.2 Å². The van der Waals surface area contributed by atoms with Gasteiger partial charge >= 0.3 is 0 Å². The lowest BCUT2D eigenvalue weighted by atomic mass is 9.54. The van der Waals surface area contributed by atoms with Gasteiger partial charge in [-0.05, 0) is 78.2 Å². The molecule has 0 unspecified atom stereocenters. The number of hydrogen-bond acceptors (Lipinski definition) is 2. The van der Waals surface area contributed by atoms with Crippen LogP contribution in [0.3, 0.4) is 0 Å². The summed E-state index contributed by atoms with van der Waals surface area (Å²) in [5.74, 6) is 4.85. The van der Waals surface area contributed by atoms with Crippen LogP contribution >= 0.6 is 0 Å². The van der Waals surface area contributed by atoms with Crippen molar-refractivity contribution in [2.45, 2.75) is 51.3 Å². The summed E-state index contributed by atoms with van der Waals surface area (Å²) < 4.78 is 6.35. The van der Waals surface area contributed by atoms with Crippen molar-refractivity contribution in [1.82, 2.24) is 5.32 Å². The predicted molar refractivity (Wildman–Crippen MR) is 122 cm³/mol. The molecule has 0 atom stereocenters. The average molecular weight is 398 g/mol. The first-order valence-corrected chi connectivity index (χ1v) is 11.7. The second kappa shape index (κ2) is 7.74. The third-order valence-electron chi connectivity index (χ3n) is 7.98. The number of hydrogen-bond donors (Lipinski definition) is 1. The summed E-state index contributed by atoms with van der Waals surface area (Å²) >= 11 is 0. The Morgan fingerprint density at radius 3 is 2.20 bits per heavy atom. The van der Waals surface area contributed by atoms with E-state index >= 15 is 0 Å². The lowest BCUT2D eigenvalue weighted by Crippen LogP contribution is -2.54. The van der Waals surface area contributed by atoms with E-state index < -0.39 is 0 Å². The summed E-state index contributed by atoms with van der Waals surface area (Å²) in [4.78, 5) is 0. The van der Waals surface area contributed by atoms with E-state index in [1.807, 2.05) is 0 Å². The number of fused-ring (bicyclic) bond motifs is 1. The van der Waals surface area contributed by atoms with E-state index in [-0.39, 0.29) is 0 Å². The van der Waals surface area contributed by atoms with Gasteiger partial charge in [-0.25, -0.2) is 0 Å². The SMILES string of the molecule is c1ccc(COc2ccc3ccccc3c2CNC2C3CC4CC(C3)CC2C4)cc1. The zero-order chi connectivity index (χ0) is 19.9. The average Bonchev–Trinajstić information content (AvgIpc) is 2.78. The number of nitrogens with one attached hydrogen (secondary N) is 1. The molecule has 0 saturated heterocycles. The van der Waals surface area contributed by atoms with Gasteiger partial charge in [0, 0.05) is 18.2 Å². The van der Waals surface area contributed by atoms with Gasteiger partial charge in [0.2, 0.25) is 0 Å². The fourth-order valence-electron chi connectivity index (χ4n) is 6.85. The standard InChI is InChI=1S/C28H31NO/c1-2-6-19(7-3-1)18-30-27-11-10-22-8-4-5-9-25(22)26(27)17-29-28-23-13-20-12-21(15-23)16-24(28)14-20/h1-11,20-21,23-24,28-29H,12-18H2. The number of benzene rings is 3. The highest BCUT2D eigenvalue weighted by Crippen LogP contribution is 2.53. The van der Waals surface area contributed by atoms with E-state index in [9.17, 15) is 0 Å². The van der Waals surface area contributed by atoms with Gasteiger partial charge in [-0.15, -0.1) is 0 Å². The molecule has 4 aliphatic rings. The molecule has 2 heteroatoms. The van der Waals surface area contributed by atoms with Gasteiger partial charge in [-0.2, -0.15) is 0 Å². The summed E-state index contributed by atoms with van der Waals surface area (Å²) in [5.41, 5.74) is 2.53. The lowest BCUT2D eigenvalue weighted by molar-refractivity contribution is -0.0143. The van der Waals surface area contributed by atoms with Crippen LogP contribution in [0, 0.1) is 23.7 Å². The zero-order valence-corrected chi connectivity index (χ0v) is 17.6. The van der Waals surface area contributed by atoms with Crippen molar-refractivity contribution in [2.75, 3.05) is 0 Å². The van der Waals surface area contributed by atoms with Crippen LogP contribution in [0.4, 0.5) is 0 Å².